The van der Waals surface area contributed by atoms with Gasteiger partial charge in [0.2, 0.25) is 0 Å². The number of carbonyl (C=O) groups is 4. The summed E-state index contributed by atoms with van der Waals surface area (Å²) in [5.74, 6) is -1.91. The number of ether oxygens (including phenoxy) is 1. The summed E-state index contributed by atoms with van der Waals surface area (Å²) in [5, 5.41) is 3.02. The number of hydrogen-bond donors (Lipinski definition) is 1. The highest BCUT2D eigenvalue weighted by molar-refractivity contribution is 7.98. The van der Waals surface area contributed by atoms with Crippen LogP contribution in [0.2, 0.25) is 5.02 Å². The highest BCUT2D eigenvalue weighted by Crippen LogP contribution is 2.26. The maximum atomic E-state index is 12.7. The van der Waals surface area contributed by atoms with Gasteiger partial charge in [0.1, 0.15) is 6.04 Å². The van der Waals surface area contributed by atoms with Gasteiger partial charge >= 0.3 is 5.97 Å². The van der Waals surface area contributed by atoms with Gasteiger partial charge in [0.15, 0.2) is 6.61 Å². The second-order valence-electron chi connectivity index (χ2n) is 6.49. The van der Waals surface area contributed by atoms with Crippen LogP contribution in [-0.2, 0) is 14.3 Å². The van der Waals surface area contributed by atoms with E-state index in [0.29, 0.717) is 16.5 Å². The van der Waals surface area contributed by atoms with Gasteiger partial charge in [0.25, 0.3) is 17.7 Å². The molecule has 1 atom stereocenters. The monoisotopic (exact) mass is 446 g/mol. The molecule has 0 spiro atoms. The summed E-state index contributed by atoms with van der Waals surface area (Å²) in [7, 11) is 0. The first kappa shape index (κ1) is 21.9. The van der Waals surface area contributed by atoms with Gasteiger partial charge in [-0.15, -0.1) is 0 Å². The number of fused-ring (bicyclic) bond motifs is 1. The fraction of sp³-hybridized carbons (Fsp3) is 0.238. The van der Waals surface area contributed by atoms with Crippen molar-refractivity contribution in [3.63, 3.8) is 0 Å². The van der Waals surface area contributed by atoms with E-state index in [4.69, 9.17) is 16.3 Å². The van der Waals surface area contributed by atoms with Gasteiger partial charge in [-0.3, -0.25) is 19.3 Å². The van der Waals surface area contributed by atoms with Crippen LogP contribution in [0, 0.1) is 0 Å². The van der Waals surface area contributed by atoms with Gasteiger partial charge in [-0.25, -0.2) is 4.79 Å². The average molecular weight is 447 g/mol. The molecule has 2 aromatic rings. The van der Waals surface area contributed by atoms with Gasteiger partial charge in [0.05, 0.1) is 11.1 Å². The Morgan fingerprint density at radius 3 is 2.37 bits per heavy atom. The fourth-order valence-electron chi connectivity index (χ4n) is 3.07. The zero-order valence-corrected chi connectivity index (χ0v) is 17.7. The van der Waals surface area contributed by atoms with Gasteiger partial charge < -0.3 is 10.1 Å². The Labute approximate surface area is 182 Å². The second-order valence-corrected chi connectivity index (χ2v) is 7.91. The molecule has 0 radical (unpaired) electrons. The molecule has 0 fully saturated rings. The molecule has 1 N–H and O–H groups in total. The van der Waals surface area contributed by atoms with Crippen LogP contribution < -0.4 is 5.32 Å². The molecule has 2 aromatic carbocycles. The molecule has 9 heteroatoms. The predicted molar refractivity (Wildman–Crippen MR) is 115 cm³/mol. The number of rotatable bonds is 8. The molecule has 30 heavy (non-hydrogen) atoms. The number of nitrogens with zero attached hydrogens (tertiary/aromatic N) is 1. The predicted octanol–water partition coefficient (Wildman–Crippen LogP) is 3.24. The molecule has 0 bridgehead atoms. The van der Waals surface area contributed by atoms with Crippen LogP contribution in [0.15, 0.2) is 48.5 Å². The number of benzene rings is 2. The van der Waals surface area contributed by atoms with Crippen molar-refractivity contribution >= 4 is 52.7 Å². The summed E-state index contributed by atoms with van der Waals surface area (Å²) in [5.41, 5.74) is 0.967. The zero-order valence-electron chi connectivity index (χ0n) is 16.1. The number of imide groups is 1. The first-order valence-corrected chi connectivity index (χ1v) is 10.9. The summed E-state index contributed by atoms with van der Waals surface area (Å²) < 4.78 is 5.13. The lowest BCUT2D eigenvalue weighted by Gasteiger charge is -2.24. The maximum Gasteiger partial charge on any atom is 0.329 e. The number of esters is 1. The van der Waals surface area contributed by atoms with E-state index in [9.17, 15) is 19.2 Å². The third kappa shape index (κ3) is 4.83. The molecule has 0 aliphatic carbocycles. The smallest absolute Gasteiger partial charge is 0.329 e. The minimum atomic E-state index is -1.11. The highest BCUT2D eigenvalue weighted by Gasteiger charge is 2.43. The Morgan fingerprint density at radius 2 is 1.77 bits per heavy atom. The van der Waals surface area contributed by atoms with Crippen LogP contribution in [0.1, 0.15) is 27.1 Å². The maximum absolute atomic E-state index is 12.7. The average Bonchev–Trinajstić information content (AvgIpc) is 2.98. The van der Waals surface area contributed by atoms with Crippen LogP contribution in [0.4, 0.5) is 5.69 Å². The summed E-state index contributed by atoms with van der Waals surface area (Å²) >= 11 is 7.35. The van der Waals surface area contributed by atoms with E-state index < -0.39 is 36.3 Å². The van der Waals surface area contributed by atoms with Gasteiger partial charge in [0, 0.05) is 10.7 Å². The Morgan fingerprint density at radius 1 is 1.10 bits per heavy atom. The van der Waals surface area contributed by atoms with Crippen LogP contribution in [0.5, 0.6) is 0 Å². The molecule has 0 saturated carbocycles. The van der Waals surface area contributed by atoms with Crippen molar-refractivity contribution < 1.29 is 23.9 Å². The third-order valence-electron chi connectivity index (χ3n) is 4.46. The molecule has 0 unspecified atom stereocenters. The van der Waals surface area contributed by atoms with E-state index in [1.165, 1.54) is 11.8 Å². The lowest BCUT2D eigenvalue weighted by atomic mass is 10.1. The number of anilines is 1. The van der Waals surface area contributed by atoms with E-state index in [-0.39, 0.29) is 17.5 Å². The first-order chi connectivity index (χ1) is 14.4. The van der Waals surface area contributed by atoms with Crippen molar-refractivity contribution in [1.29, 1.82) is 0 Å². The van der Waals surface area contributed by atoms with Crippen molar-refractivity contribution in [2.75, 3.05) is 23.9 Å². The minimum absolute atomic E-state index is 0.224. The largest absolute Gasteiger partial charge is 0.454 e. The van der Waals surface area contributed by atoms with E-state index in [1.54, 1.807) is 48.5 Å². The molecule has 1 aliphatic rings. The third-order valence-corrected chi connectivity index (χ3v) is 5.34. The molecule has 3 amide bonds. The van der Waals surface area contributed by atoms with E-state index in [1.807, 2.05) is 6.26 Å². The Hall–Kier alpha value is -2.84. The van der Waals surface area contributed by atoms with E-state index >= 15 is 0 Å². The van der Waals surface area contributed by atoms with Gasteiger partial charge in [-0.1, -0.05) is 29.8 Å². The van der Waals surface area contributed by atoms with E-state index in [2.05, 4.69) is 5.32 Å². The standard InChI is InChI=1S/C21H19ClN2O5S/c1-30-10-9-17(24-19(26)15-7-2-3-8-16(15)20(24)27)21(28)29-12-18(25)23-14-6-4-5-13(22)11-14/h2-8,11,17H,9-10,12H2,1H3,(H,23,25)/t17-/m1/s1. The quantitative estimate of drug-likeness (QED) is 0.494. The van der Waals surface area contributed by atoms with Crippen molar-refractivity contribution in [1.82, 2.24) is 4.90 Å². The Balaban J connectivity index is 1.68. The van der Waals surface area contributed by atoms with E-state index in [0.717, 1.165) is 4.90 Å². The zero-order chi connectivity index (χ0) is 21.7. The number of nitrogens with one attached hydrogen (secondary N) is 1. The summed E-state index contributed by atoms with van der Waals surface area (Å²) in [6.07, 6.45) is 2.07. The molecule has 1 heterocycles. The van der Waals surface area contributed by atoms with Crippen LogP contribution in [0.3, 0.4) is 0 Å². The number of carbonyl (C=O) groups excluding carboxylic acids is 4. The number of hydrogen-bond acceptors (Lipinski definition) is 6. The van der Waals surface area contributed by atoms with Crippen LogP contribution in [0.25, 0.3) is 0 Å². The molecule has 0 saturated heterocycles. The van der Waals surface area contributed by atoms with Crippen molar-refractivity contribution in [3.8, 4) is 0 Å². The van der Waals surface area contributed by atoms with Crippen LogP contribution >= 0.6 is 23.4 Å². The molecule has 156 valence electrons. The SMILES string of the molecule is CSCC[C@H](C(=O)OCC(=O)Nc1cccc(Cl)c1)N1C(=O)c2ccccc2C1=O. The van der Waals surface area contributed by atoms with Gasteiger partial charge in [-0.2, -0.15) is 11.8 Å². The lowest BCUT2D eigenvalue weighted by molar-refractivity contribution is -0.151. The fourth-order valence-corrected chi connectivity index (χ4v) is 3.72. The summed E-state index contributed by atoms with van der Waals surface area (Å²) in [6.45, 7) is -0.551. The number of thioether (sulfide) groups is 1. The molecule has 0 aromatic heterocycles. The molecule has 7 nitrogen and oxygen atoms in total. The lowest BCUT2D eigenvalue weighted by Crippen LogP contribution is -2.46. The Kier molecular flexibility index (Phi) is 7.12. The number of amides is 3. The first-order valence-electron chi connectivity index (χ1n) is 9.10. The van der Waals surface area contributed by atoms with Crippen molar-refractivity contribution in [3.05, 3.63) is 64.7 Å². The molecule has 1 aliphatic heterocycles. The Bertz CT molecular complexity index is 962. The normalized spacial score (nSPS) is 13.7. The summed E-state index contributed by atoms with van der Waals surface area (Å²) in [4.78, 5) is 51.2. The molecular weight excluding hydrogens is 428 g/mol. The molecular formula is C21H19ClN2O5S. The summed E-state index contributed by atoms with van der Waals surface area (Å²) in [6, 6.07) is 11.8. The minimum Gasteiger partial charge on any atom is -0.454 e. The van der Waals surface area contributed by atoms with Gasteiger partial charge in [-0.05, 0) is 48.8 Å². The topological polar surface area (TPSA) is 92.8 Å². The van der Waals surface area contributed by atoms with Crippen molar-refractivity contribution in [2.24, 2.45) is 0 Å². The van der Waals surface area contributed by atoms with Crippen LogP contribution in [-0.4, -0.2) is 53.2 Å². The highest BCUT2D eigenvalue weighted by atomic mass is 35.5. The number of halogens is 1. The molecule has 3 rings (SSSR count). The van der Waals surface area contributed by atoms with Crippen molar-refractivity contribution in [2.45, 2.75) is 12.5 Å². The second kappa shape index (κ2) is 9.77.